The number of nitrogens with zero attached hydrogens (tertiary/aromatic N) is 4. The maximum absolute atomic E-state index is 14.9. The molecule has 0 bridgehead atoms. The molecule has 1 aliphatic carbocycles. The zero-order chi connectivity index (χ0) is 20.9. The first-order valence-corrected chi connectivity index (χ1v) is 9.60. The summed E-state index contributed by atoms with van der Waals surface area (Å²) in [5, 5.41) is 9.42. The first-order valence-electron chi connectivity index (χ1n) is 9.60. The molecule has 29 heavy (non-hydrogen) atoms. The van der Waals surface area contributed by atoms with Gasteiger partial charge in [-0.15, -0.1) is 0 Å². The molecule has 1 aromatic heterocycles. The van der Waals surface area contributed by atoms with Gasteiger partial charge in [0.05, 0.1) is 11.2 Å². The van der Waals surface area contributed by atoms with Crippen LogP contribution < -0.4 is 10.3 Å². The summed E-state index contributed by atoms with van der Waals surface area (Å²) in [6.07, 6.45) is 3.17. The Hall–Kier alpha value is -3.10. The minimum atomic E-state index is -1.31. The van der Waals surface area contributed by atoms with Gasteiger partial charge in [-0.3, -0.25) is 4.79 Å². The molecule has 2 fully saturated rings. The molecule has 9 heteroatoms. The van der Waals surface area contributed by atoms with E-state index in [-0.39, 0.29) is 23.0 Å². The molecule has 1 aliphatic heterocycles. The van der Waals surface area contributed by atoms with Crippen LogP contribution in [0.3, 0.4) is 0 Å². The second kappa shape index (κ2) is 7.06. The third kappa shape index (κ3) is 3.41. The van der Waals surface area contributed by atoms with Gasteiger partial charge in [-0.1, -0.05) is 0 Å². The van der Waals surface area contributed by atoms with Crippen LogP contribution in [0.1, 0.15) is 29.2 Å². The van der Waals surface area contributed by atoms with Crippen LogP contribution in [0, 0.1) is 5.82 Å². The Morgan fingerprint density at radius 3 is 2.34 bits per heavy atom. The molecular formula is C20H23FN4O4. The number of piperazine rings is 1. The number of carbonyl (C=O) groups is 2. The van der Waals surface area contributed by atoms with E-state index >= 15 is 0 Å². The number of rotatable bonds is 3. The van der Waals surface area contributed by atoms with E-state index in [0.29, 0.717) is 37.4 Å². The van der Waals surface area contributed by atoms with Crippen LogP contribution in [-0.2, 0) is 0 Å². The highest BCUT2D eigenvalue weighted by molar-refractivity contribution is 5.93. The van der Waals surface area contributed by atoms with Crippen molar-refractivity contribution in [2.24, 2.45) is 0 Å². The van der Waals surface area contributed by atoms with E-state index < -0.39 is 17.2 Å². The van der Waals surface area contributed by atoms with Crippen LogP contribution in [0.2, 0.25) is 0 Å². The lowest BCUT2D eigenvalue weighted by Crippen LogP contribution is -2.51. The maximum Gasteiger partial charge on any atom is 0.341 e. The summed E-state index contributed by atoms with van der Waals surface area (Å²) in [6, 6.07) is 2.84. The molecule has 0 unspecified atom stereocenters. The topological polar surface area (TPSA) is 86.1 Å². The highest BCUT2D eigenvalue weighted by atomic mass is 19.1. The zero-order valence-electron chi connectivity index (χ0n) is 16.4. The number of carboxylic acids is 1. The van der Waals surface area contributed by atoms with E-state index in [1.54, 1.807) is 29.6 Å². The van der Waals surface area contributed by atoms with Gasteiger partial charge in [0, 0.05) is 57.9 Å². The summed E-state index contributed by atoms with van der Waals surface area (Å²) in [7, 11) is 3.39. The second-order valence-corrected chi connectivity index (χ2v) is 7.79. The lowest BCUT2D eigenvalue weighted by molar-refractivity contribution is 0.0694. The zero-order valence-corrected chi connectivity index (χ0v) is 16.4. The minimum Gasteiger partial charge on any atom is -0.477 e. The molecule has 154 valence electrons. The van der Waals surface area contributed by atoms with Gasteiger partial charge in [-0.05, 0) is 25.0 Å². The highest BCUT2D eigenvalue weighted by Gasteiger charge is 2.29. The largest absolute Gasteiger partial charge is 0.477 e. The number of halogens is 1. The average Bonchev–Trinajstić information content (AvgIpc) is 3.52. The maximum atomic E-state index is 14.9. The van der Waals surface area contributed by atoms with Crippen molar-refractivity contribution in [3.63, 3.8) is 0 Å². The predicted octanol–water partition coefficient (Wildman–Crippen LogP) is 1.98. The van der Waals surface area contributed by atoms with Gasteiger partial charge in [0.15, 0.2) is 0 Å². The Morgan fingerprint density at radius 1 is 1.14 bits per heavy atom. The van der Waals surface area contributed by atoms with Crippen molar-refractivity contribution >= 4 is 28.6 Å². The van der Waals surface area contributed by atoms with Crippen LogP contribution in [0.25, 0.3) is 10.9 Å². The molecule has 1 N–H and O–H groups in total. The van der Waals surface area contributed by atoms with E-state index in [2.05, 4.69) is 0 Å². The summed E-state index contributed by atoms with van der Waals surface area (Å²) in [4.78, 5) is 41.2. The quantitative estimate of drug-likeness (QED) is 0.849. The third-order valence-corrected chi connectivity index (χ3v) is 5.54. The molecule has 8 nitrogen and oxygen atoms in total. The fourth-order valence-electron chi connectivity index (χ4n) is 3.83. The number of anilines is 1. The van der Waals surface area contributed by atoms with Gasteiger partial charge in [-0.25, -0.2) is 14.0 Å². The molecule has 2 aromatic rings. The van der Waals surface area contributed by atoms with E-state index in [1.807, 2.05) is 4.90 Å². The number of amides is 2. The molecular weight excluding hydrogens is 379 g/mol. The van der Waals surface area contributed by atoms with Crippen molar-refractivity contribution < 1.29 is 19.1 Å². The van der Waals surface area contributed by atoms with Crippen LogP contribution in [0.4, 0.5) is 14.9 Å². The summed E-state index contributed by atoms with van der Waals surface area (Å²) in [6.45, 7) is 1.90. The van der Waals surface area contributed by atoms with Gasteiger partial charge >= 0.3 is 12.0 Å². The third-order valence-electron chi connectivity index (χ3n) is 5.54. The monoisotopic (exact) mass is 402 g/mol. The highest BCUT2D eigenvalue weighted by Crippen LogP contribution is 2.38. The lowest BCUT2D eigenvalue weighted by atomic mass is 10.1. The number of benzene rings is 1. The van der Waals surface area contributed by atoms with Crippen molar-refractivity contribution in [2.45, 2.75) is 18.9 Å². The Kier molecular flexibility index (Phi) is 4.68. The van der Waals surface area contributed by atoms with Crippen molar-refractivity contribution in [2.75, 3.05) is 45.2 Å². The van der Waals surface area contributed by atoms with E-state index in [0.717, 1.165) is 18.9 Å². The molecule has 1 saturated carbocycles. The molecule has 1 aromatic carbocycles. The number of pyridine rings is 1. The van der Waals surface area contributed by atoms with Gasteiger partial charge in [-0.2, -0.15) is 0 Å². The molecule has 2 amide bonds. The van der Waals surface area contributed by atoms with Gasteiger partial charge in [0.1, 0.15) is 11.4 Å². The Labute approximate surface area is 166 Å². The number of aromatic nitrogens is 1. The second-order valence-electron chi connectivity index (χ2n) is 7.79. The number of aromatic carboxylic acids is 1. The van der Waals surface area contributed by atoms with Crippen LogP contribution in [-0.4, -0.2) is 71.7 Å². The molecule has 0 radical (unpaired) electrons. The SMILES string of the molecule is CN(C)C(=O)N1CCN(c2cc3c(cc2F)c(=O)c(C(=O)O)cn3C2CC2)CC1. The number of carboxylic acid groups (broad SMARTS) is 1. The van der Waals surface area contributed by atoms with Crippen molar-refractivity contribution in [3.05, 3.63) is 39.9 Å². The Morgan fingerprint density at radius 2 is 1.79 bits per heavy atom. The molecule has 4 rings (SSSR count). The number of carbonyl (C=O) groups excluding carboxylic acids is 1. The molecule has 0 atom stereocenters. The first kappa shape index (κ1) is 19.2. The number of hydrogen-bond acceptors (Lipinski definition) is 4. The molecule has 2 heterocycles. The smallest absolute Gasteiger partial charge is 0.341 e. The van der Waals surface area contributed by atoms with Gasteiger partial charge < -0.3 is 24.4 Å². The molecule has 0 spiro atoms. The fraction of sp³-hybridized carbons (Fsp3) is 0.450. The summed E-state index contributed by atoms with van der Waals surface area (Å²) < 4.78 is 16.7. The summed E-state index contributed by atoms with van der Waals surface area (Å²) in [5.74, 6) is -1.87. The lowest BCUT2D eigenvalue weighted by Gasteiger charge is -2.37. The summed E-state index contributed by atoms with van der Waals surface area (Å²) >= 11 is 0. The van der Waals surface area contributed by atoms with E-state index in [4.69, 9.17) is 0 Å². The van der Waals surface area contributed by atoms with Crippen molar-refractivity contribution in [1.29, 1.82) is 0 Å². The first-order chi connectivity index (χ1) is 13.8. The average molecular weight is 402 g/mol. The standard InChI is InChI=1S/C20H23FN4O4/c1-22(2)20(29)24-7-5-23(6-8-24)17-10-16-13(9-15(17)21)18(26)14(19(27)28)11-25(16)12-3-4-12/h9-12H,3-8H2,1-2H3,(H,27,28). The number of fused-ring (bicyclic) bond motifs is 1. The summed E-state index contributed by atoms with van der Waals surface area (Å²) in [5.41, 5.74) is -0.0966. The Bertz CT molecular complexity index is 1050. The van der Waals surface area contributed by atoms with E-state index in [9.17, 15) is 23.9 Å². The van der Waals surface area contributed by atoms with Gasteiger partial charge in [0.2, 0.25) is 5.43 Å². The minimum absolute atomic E-state index is 0.0765. The normalized spacial score (nSPS) is 16.9. The molecule has 2 aliphatic rings. The molecule has 1 saturated heterocycles. The van der Waals surface area contributed by atoms with Crippen LogP contribution in [0.15, 0.2) is 23.1 Å². The van der Waals surface area contributed by atoms with Crippen LogP contribution in [0.5, 0.6) is 0 Å². The number of urea groups is 1. The predicted molar refractivity (Wildman–Crippen MR) is 106 cm³/mol. The van der Waals surface area contributed by atoms with Crippen molar-refractivity contribution in [3.8, 4) is 0 Å². The Balaban J connectivity index is 1.72. The van der Waals surface area contributed by atoms with Crippen LogP contribution >= 0.6 is 0 Å². The van der Waals surface area contributed by atoms with Gasteiger partial charge in [0.25, 0.3) is 0 Å². The fourth-order valence-corrected chi connectivity index (χ4v) is 3.83. The van der Waals surface area contributed by atoms with Crippen molar-refractivity contribution in [1.82, 2.24) is 14.4 Å². The number of hydrogen-bond donors (Lipinski definition) is 1. The van der Waals surface area contributed by atoms with E-state index in [1.165, 1.54) is 11.1 Å².